The first-order valence-corrected chi connectivity index (χ1v) is 14.3. The number of alkyl halides is 3. The van der Waals surface area contributed by atoms with Gasteiger partial charge in [0.2, 0.25) is 0 Å². The SMILES string of the molecule is COc1cccc(C(=O)Nc2ccc(N(CCc3csc(C)n3)C(=O)OC(C)(C)C)cc2)c1-c1ccc(C(F)(F)F)cc1. The molecule has 0 atom stereocenters. The van der Waals surface area contributed by atoms with Crippen molar-refractivity contribution >= 4 is 34.7 Å². The van der Waals surface area contributed by atoms with Crippen LogP contribution in [-0.2, 0) is 17.3 Å². The van der Waals surface area contributed by atoms with Gasteiger partial charge in [0.25, 0.3) is 5.91 Å². The first kappa shape index (κ1) is 31.6. The van der Waals surface area contributed by atoms with Gasteiger partial charge in [-0.25, -0.2) is 9.78 Å². The number of thiazole rings is 1. The van der Waals surface area contributed by atoms with Crippen LogP contribution in [0.15, 0.2) is 72.1 Å². The van der Waals surface area contributed by atoms with E-state index in [2.05, 4.69) is 10.3 Å². The zero-order valence-electron chi connectivity index (χ0n) is 24.4. The van der Waals surface area contributed by atoms with Gasteiger partial charge in [-0.15, -0.1) is 11.3 Å². The fourth-order valence-electron chi connectivity index (χ4n) is 4.33. The van der Waals surface area contributed by atoms with Crippen molar-refractivity contribution in [1.29, 1.82) is 0 Å². The minimum absolute atomic E-state index is 0.220. The number of methoxy groups -OCH3 is 1. The number of ether oxygens (including phenoxy) is 2. The summed E-state index contributed by atoms with van der Waals surface area (Å²) in [7, 11) is 1.43. The zero-order valence-corrected chi connectivity index (χ0v) is 25.2. The van der Waals surface area contributed by atoms with Crippen LogP contribution < -0.4 is 15.0 Å². The van der Waals surface area contributed by atoms with Crippen LogP contribution in [0.3, 0.4) is 0 Å². The third-order valence-electron chi connectivity index (χ3n) is 6.30. The van der Waals surface area contributed by atoms with Crippen LogP contribution in [0.2, 0.25) is 0 Å². The fourth-order valence-corrected chi connectivity index (χ4v) is 4.98. The number of nitrogens with one attached hydrogen (secondary N) is 1. The lowest BCUT2D eigenvalue weighted by molar-refractivity contribution is -0.137. The smallest absolute Gasteiger partial charge is 0.416 e. The molecule has 1 N–H and O–H groups in total. The predicted octanol–water partition coefficient (Wildman–Crippen LogP) is 8.38. The average Bonchev–Trinajstić information content (AvgIpc) is 3.37. The van der Waals surface area contributed by atoms with Crippen LogP contribution in [0.1, 0.15) is 47.4 Å². The highest BCUT2D eigenvalue weighted by Crippen LogP contribution is 2.36. The second-order valence-electron chi connectivity index (χ2n) is 10.7. The van der Waals surface area contributed by atoms with Crippen molar-refractivity contribution in [2.24, 2.45) is 0 Å². The molecular formula is C32H32F3N3O4S. The van der Waals surface area contributed by atoms with E-state index in [4.69, 9.17) is 9.47 Å². The Balaban J connectivity index is 1.57. The summed E-state index contributed by atoms with van der Waals surface area (Å²) >= 11 is 1.54. The largest absolute Gasteiger partial charge is 0.496 e. The second-order valence-corrected chi connectivity index (χ2v) is 11.8. The van der Waals surface area contributed by atoms with E-state index in [9.17, 15) is 22.8 Å². The number of halogens is 3. The number of aryl methyl sites for hydroxylation is 1. The topological polar surface area (TPSA) is 80.8 Å². The van der Waals surface area contributed by atoms with Gasteiger partial charge in [0, 0.05) is 35.3 Å². The van der Waals surface area contributed by atoms with Crippen molar-refractivity contribution in [2.75, 3.05) is 23.9 Å². The Bertz CT molecular complexity index is 1580. The molecule has 1 aromatic heterocycles. The van der Waals surface area contributed by atoms with Crippen LogP contribution >= 0.6 is 11.3 Å². The first-order chi connectivity index (χ1) is 20.2. The van der Waals surface area contributed by atoms with Crippen molar-refractivity contribution in [2.45, 2.75) is 45.9 Å². The van der Waals surface area contributed by atoms with E-state index in [1.165, 1.54) is 24.1 Å². The lowest BCUT2D eigenvalue weighted by Crippen LogP contribution is -2.38. The van der Waals surface area contributed by atoms with E-state index >= 15 is 0 Å². The molecule has 0 saturated carbocycles. The molecule has 0 spiro atoms. The summed E-state index contributed by atoms with van der Waals surface area (Å²) in [6.07, 6.45) is -4.45. The highest BCUT2D eigenvalue weighted by atomic mass is 32.1. The third kappa shape index (κ3) is 8.13. The molecule has 7 nitrogen and oxygen atoms in total. The maximum absolute atomic E-state index is 13.4. The number of benzene rings is 3. The van der Waals surface area contributed by atoms with Crippen molar-refractivity contribution in [3.05, 3.63) is 93.9 Å². The molecule has 0 unspecified atom stereocenters. The Morgan fingerprint density at radius 3 is 2.21 bits per heavy atom. The maximum atomic E-state index is 13.4. The van der Waals surface area contributed by atoms with Crippen LogP contribution in [0.5, 0.6) is 5.75 Å². The van der Waals surface area contributed by atoms with Gasteiger partial charge >= 0.3 is 12.3 Å². The van der Waals surface area contributed by atoms with Crippen molar-refractivity contribution in [3.63, 3.8) is 0 Å². The quantitative estimate of drug-likeness (QED) is 0.217. The number of amides is 2. The molecule has 0 saturated heterocycles. The molecule has 2 amide bonds. The molecule has 11 heteroatoms. The molecule has 226 valence electrons. The molecular weight excluding hydrogens is 579 g/mol. The Hall–Kier alpha value is -4.38. The molecule has 0 aliphatic carbocycles. The van der Waals surface area contributed by atoms with Crippen LogP contribution in [0, 0.1) is 6.92 Å². The number of nitrogens with zero attached hydrogens (tertiary/aromatic N) is 2. The van der Waals surface area contributed by atoms with E-state index in [1.54, 1.807) is 74.6 Å². The molecule has 4 rings (SSSR count). The normalized spacial score (nSPS) is 11.6. The Morgan fingerprint density at radius 1 is 0.977 bits per heavy atom. The van der Waals surface area contributed by atoms with Crippen molar-refractivity contribution in [3.8, 4) is 16.9 Å². The molecule has 0 radical (unpaired) electrons. The molecule has 4 aromatic rings. The van der Waals surface area contributed by atoms with Gasteiger partial charge in [-0.05, 0) is 81.8 Å². The molecule has 0 aliphatic rings. The maximum Gasteiger partial charge on any atom is 0.416 e. The Kier molecular flexibility index (Phi) is 9.44. The predicted molar refractivity (Wildman–Crippen MR) is 162 cm³/mol. The van der Waals surface area contributed by atoms with Gasteiger partial charge in [0.05, 0.1) is 28.9 Å². The van der Waals surface area contributed by atoms with Crippen molar-refractivity contribution in [1.82, 2.24) is 4.98 Å². The van der Waals surface area contributed by atoms with E-state index < -0.39 is 29.3 Å². The van der Waals surface area contributed by atoms with E-state index in [-0.39, 0.29) is 5.56 Å². The van der Waals surface area contributed by atoms with Crippen LogP contribution in [0.4, 0.5) is 29.3 Å². The summed E-state index contributed by atoms with van der Waals surface area (Å²) in [5, 5.41) is 5.73. The van der Waals surface area contributed by atoms with E-state index in [0.29, 0.717) is 41.2 Å². The zero-order chi connectivity index (χ0) is 31.4. The van der Waals surface area contributed by atoms with Gasteiger partial charge in [-0.2, -0.15) is 13.2 Å². The summed E-state index contributed by atoms with van der Waals surface area (Å²) in [6, 6.07) is 16.1. The molecule has 43 heavy (non-hydrogen) atoms. The summed E-state index contributed by atoms with van der Waals surface area (Å²) in [6.45, 7) is 7.64. The fraction of sp³-hybridized carbons (Fsp3) is 0.281. The van der Waals surface area contributed by atoms with Gasteiger partial charge in [-0.1, -0.05) is 18.2 Å². The van der Waals surface area contributed by atoms with Gasteiger partial charge in [-0.3, -0.25) is 9.69 Å². The lowest BCUT2D eigenvalue weighted by atomic mass is 9.96. The minimum Gasteiger partial charge on any atom is -0.496 e. The molecule has 3 aromatic carbocycles. The number of anilines is 2. The number of carbonyl (C=O) groups excluding carboxylic acids is 2. The number of carbonyl (C=O) groups is 2. The first-order valence-electron chi connectivity index (χ1n) is 13.4. The Morgan fingerprint density at radius 2 is 1.65 bits per heavy atom. The number of aromatic nitrogens is 1. The summed E-state index contributed by atoms with van der Waals surface area (Å²) in [4.78, 5) is 32.5. The number of hydrogen-bond acceptors (Lipinski definition) is 6. The third-order valence-corrected chi connectivity index (χ3v) is 7.12. The monoisotopic (exact) mass is 611 g/mol. The van der Waals surface area contributed by atoms with Gasteiger partial charge in [0.1, 0.15) is 11.4 Å². The minimum atomic E-state index is -4.48. The van der Waals surface area contributed by atoms with Gasteiger partial charge < -0.3 is 14.8 Å². The van der Waals surface area contributed by atoms with Gasteiger partial charge in [0.15, 0.2) is 0 Å². The highest BCUT2D eigenvalue weighted by Gasteiger charge is 2.30. The Labute approximate surface area is 252 Å². The summed E-state index contributed by atoms with van der Waals surface area (Å²) < 4.78 is 50.4. The van der Waals surface area contributed by atoms with Crippen LogP contribution in [-0.4, -0.2) is 36.2 Å². The van der Waals surface area contributed by atoms with Crippen LogP contribution in [0.25, 0.3) is 11.1 Å². The highest BCUT2D eigenvalue weighted by molar-refractivity contribution is 7.09. The van der Waals surface area contributed by atoms with Crippen molar-refractivity contribution < 1.29 is 32.2 Å². The van der Waals surface area contributed by atoms with E-state index in [1.807, 2.05) is 12.3 Å². The number of hydrogen-bond donors (Lipinski definition) is 1. The molecule has 0 bridgehead atoms. The average molecular weight is 612 g/mol. The summed E-state index contributed by atoms with van der Waals surface area (Å²) in [5.41, 5.74) is 1.40. The molecule has 0 fully saturated rings. The molecule has 0 aliphatic heterocycles. The standard InChI is InChI=1S/C32H32F3N3O4S/c1-20-36-24(19-43-20)17-18-38(30(40)42-31(2,3)4)25-15-13-23(14-16-25)37-29(39)26-7-6-8-27(41-5)28(26)21-9-11-22(12-10-21)32(33,34)35/h6-16,19H,17-18H2,1-5H3,(H,37,39). The number of rotatable bonds is 8. The summed E-state index contributed by atoms with van der Waals surface area (Å²) in [5.74, 6) is -0.143. The molecule has 1 heterocycles. The van der Waals surface area contributed by atoms with E-state index in [0.717, 1.165) is 22.8 Å². The second kappa shape index (κ2) is 12.9. The lowest BCUT2D eigenvalue weighted by Gasteiger charge is -2.27.